The van der Waals surface area contributed by atoms with Crippen LogP contribution >= 0.6 is 0 Å². The van der Waals surface area contributed by atoms with Gasteiger partial charge in [0.05, 0.1) is 18.0 Å². The fourth-order valence-electron chi connectivity index (χ4n) is 5.52. The first-order valence-electron chi connectivity index (χ1n) is 13.1. The van der Waals surface area contributed by atoms with Crippen molar-refractivity contribution in [2.75, 3.05) is 6.54 Å². The monoisotopic (exact) mass is 524 g/mol. The number of aliphatic imine (C=N–C) groups is 1. The zero-order valence-electron chi connectivity index (χ0n) is 22.5. The molecular weight excluding hydrogens is 485 g/mol. The second-order valence-corrected chi connectivity index (χ2v) is 10.5. The van der Waals surface area contributed by atoms with Crippen molar-refractivity contribution in [3.8, 4) is 5.75 Å². The number of para-hydroxylation sites is 1. The molecule has 1 aromatic carbocycles. The average Bonchev–Trinajstić information content (AvgIpc) is 3.41. The number of amides is 2. The van der Waals surface area contributed by atoms with Gasteiger partial charge < -0.3 is 15.8 Å². The third-order valence-electron chi connectivity index (χ3n) is 8.13. The number of hydrogen-bond acceptors (Lipinski definition) is 5. The Labute approximate surface area is 217 Å². The number of nitrogens with two attached hydrogens (primary N) is 1. The van der Waals surface area contributed by atoms with Crippen molar-refractivity contribution in [2.45, 2.75) is 91.1 Å². The van der Waals surface area contributed by atoms with Gasteiger partial charge >= 0.3 is 6.18 Å². The Balaban J connectivity index is 0.00000186. The number of alkyl halides is 3. The predicted octanol–water partition coefficient (Wildman–Crippen LogP) is 4.96. The summed E-state index contributed by atoms with van der Waals surface area (Å²) in [7, 11) is 0. The van der Waals surface area contributed by atoms with Crippen LogP contribution in [0, 0.1) is 17.3 Å². The molecule has 1 aliphatic carbocycles. The van der Waals surface area contributed by atoms with Crippen LogP contribution in [0.1, 0.15) is 78.8 Å². The summed E-state index contributed by atoms with van der Waals surface area (Å²) in [6.45, 7) is 12.0. The lowest BCUT2D eigenvalue weighted by molar-refractivity contribution is -0.201. The highest BCUT2D eigenvalue weighted by Crippen LogP contribution is 2.59. The fraction of sp³-hybridized carbons (Fsp3) is 0.667. The summed E-state index contributed by atoms with van der Waals surface area (Å²) in [6.07, 6.45) is -5.27. The molecule has 7 nitrogen and oxygen atoms in total. The SMILES string of the molecule is CC.CCC1(CC)CC(=O)N(C[C@@H]2C(C(=O)N[C@H]3CC(C(F)(F)F)Oc4ccccc43)C2(C)C)C(N)=N1. The van der Waals surface area contributed by atoms with Gasteiger partial charge in [0.2, 0.25) is 11.8 Å². The highest BCUT2D eigenvalue weighted by Gasteiger charge is 2.63. The van der Waals surface area contributed by atoms with E-state index >= 15 is 0 Å². The molecule has 4 atom stereocenters. The first-order chi connectivity index (χ1) is 17.3. The molecule has 1 saturated carbocycles. The minimum absolute atomic E-state index is 0.116. The van der Waals surface area contributed by atoms with Crippen LogP contribution < -0.4 is 15.8 Å². The molecule has 37 heavy (non-hydrogen) atoms. The van der Waals surface area contributed by atoms with Gasteiger partial charge in [0, 0.05) is 24.4 Å². The van der Waals surface area contributed by atoms with E-state index in [-0.39, 0.29) is 42.4 Å². The first-order valence-corrected chi connectivity index (χ1v) is 13.1. The molecule has 2 amide bonds. The number of fused-ring (bicyclic) bond motifs is 1. The van der Waals surface area contributed by atoms with E-state index in [9.17, 15) is 22.8 Å². The zero-order valence-corrected chi connectivity index (χ0v) is 22.5. The highest BCUT2D eigenvalue weighted by atomic mass is 19.4. The standard InChI is InChI=1S/C25H33F3N4O3.C2H6/c1-5-24(6-2)12-19(33)32(22(29)31-24)13-15-20(23(15,3)4)21(34)30-16-11-18(25(26,27)28)35-17-10-8-7-9-14(16)17;1-2/h7-10,15-16,18,20H,5-6,11-13H2,1-4H3,(H2,29,31)(H,30,34);1-2H3/t15-,16+,18?,20?;/m1./s1. The topological polar surface area (TPSA) is 97.0 Å². The third kappa shape index (κ3) is 5.57. The number of hydrogen-bond donors (Lipinski definition) is 2. The van der Waals surface area contributed by atoms with E-state index in [1.54, 1.807) is 18.2 Å². The number of carbonyl (C=O) groups excluding carboxylic acids is 2. The molecule has 0 aromatic heterocycles. The van der Waals surface area contributed by atoms with Crippen LogP contribution in [0.4, 0.5) is 13.2 Å². The van der Waals surface area contributed by atoms with Gasteiger partial charge in [0.1, 0.15) is 5.75 Å². The first kappa shape index (κ1) is 28.8. The quantitative estimate of drug-likeness (QED) is 0.550. The van der Waals surface area contributed by atoms with Crippen molar-refractivity contribution >= 4 is 17.8 Å². The fourth-order valence-corrected chi connectivity index (χ4v) is 5.52. The van der Waals surface area contributed by atoms with E-state index < -0.39 is 41.6 Å². The molecule has 0 spiro atoms. The maximum atomic E-state index is 13.4. The highest BCUT2D eigenvalue weighted by molar-refractivity contribution is 5.99. The summed E-state index contributed by atoms with van der Waals surface area (Å²) in [5.41, 5.74) is 5.77. The third-order valence-corrected chi connectivity index (χ3v) is 8.13. The summed E-state index contributed by atoms with van der Waals surface area (Å²) in [6, 6.07) is 5.63. The second kappa shape index (κ2) is 10.5. The van der Waals surface area contributed by atoms with Gasteiger partial charge in [0.15, 0.2) is 12.1 Å². The summed E-state index contributed by atoms with van der Waals surface area (Å²) < 4.78 is 45.5. The number of ether oxygens (including phenoxy) is 1. The molecule has 1 fully saturated rings. The van der Waals surface area contributed by atoms with Crippen LogP contribution in [-0.4, -0.2) is 47.0 Å². The predicted molar refractivity (Wildman–Crippen MR) is 136 cm³/mol. The molecule has 3 aliphatic rings. The van der Waals surface area contributed by atoms with E-state index in [4.69, 9.17) is 10.5 Å². The van der Waals surface area contributed by atoms with Gasteiger partial charge in [-0.2, -0.15) is 13.2 Å². The van der Waals surface area contributed by atoms with Crippen LogP contribution in [0.15, 0.2) is 29.3 Å². The molecule has 0 radical (unpaired) electrons. The Morgan fingerprint density at radius 2 is 1.84 bits per heavy atom. The van der Waals surface area contributed by atoms with E-state index in [2.05, 4.69) is 10.3 Å². The van der Waals surface area contributed by atoms with Crippen molar-refractivity contribution < 1.29 is 27.5 Å². The van der Waals surface area contributed by atoms with E-state index in [0.29, 0.717) is 18.4 Å². The Bertz CT molecular complexity index is 1040. The normalized spacial score (nSPS) is 27.6. The summed E-state index contributed by atoms with van der Waals surface area (Å²) in [4.78, 5) is 32.2. The minimum Gasteiger partial charge on any atom is -0.480 e. The molecule has 1 aromatic rings. The van der Waals surface area contributed by atoms with Gasteiger partial charge in [-0.3, -0.25) is 14.5 Å². The van der Waals surface area contributed by atoms with Crippen molar-refractivity contribution in [3.63, 3.8) is 0 Å². The number of guanidine groups is 1. The van der Waals surface area contributed by atoms with Crippen LogP contribution in [0.2, 0.25) is 0 Å². The Hall–Kier alpha value is -2.78. The van der Waals surface area contributed by atoms with Crippen molar-refractivity contribution in [1.82, 2.24) is 10.2 Å². The molecule has 0 saturated heterocycles. The van der Waals surface area contributed by atoms with Gasteiger partial charge in [-0.05, 0) is 30.2 Å². The van der Waals surface area contributed by atoms with Gasteiger partial charge in [-0.25, -0.2) is 4.99 Å². The lowest BCUT2D eigenvalue weighted by Crippen LogP contribution is -2.52. The molecule has 2 unspecified atom stereocenters. The van der Waals surface area contributed by atoms with Crippen LogP contribution in [0.5, 0.6) is 5.75 Å². The van der Waals surface area contributed by atoms with Gasteiger partial charge in [0.25, 0.3) is 0 Å². The summed E-state index contributed by atoms with van der Waals surface area (Å²) >= 11 is 0. The summed E-state index contributed by atoms with van der Waals surface area (Å²) in [5, 5.41) is 2.83. The molecule has 4 rings (SSSR count). The second-order valence-electron chi connectivity index (χ2n) is 10.5. The number of nitrogens with zero attached hydrogens (tertiary/aromatic N) is 2. The van der Waals surface area contributed by atoms with Crippen LogP contribution in [0.25, 0.3) is 0 Å². The van der Waals surface area contributed by atoms with Crippen LogP contribution in [0.3, 0.4) is 0 Å². The number of halogens is 3. The number of nitrogens with one attached hydrogen (secondary N) is 1. The molecule has 2 heterocycles. The maximum Gasteiger partial charge on any atom is 0.425 e. The molecular formula is C27H39F3N4O3. The number of rotatable bonds is 6. The van der Waals surface area contributed by atoms with Crippen LogP contribution in [-0.2, 0) is 9.59 Å². The minimum atomic E-state index is -4.55. The van der Waals surface area contributed by atoms with E-state index in [1.807, 2.05) is 41.5 Å². The molecule has 10 heteroatoms. The van der Waals surface area contributed by atoms with Crippen molar-refractivity contribution in [3.05, 3.63) is 29.8 Å². The molecule has 206 valence electrons. The summed E-state index contributed by atoms with van der Waals surface area (Å²) in [5.74, 6) is -0.821. The Morgan fingerprint density at radius 1 is 1.22 bits per heavy atom. The smallest absolute Gasteiger partial charge is 0.425 e. The molecule has 2 aliphatic heterocycles. The average molecular weight is 525 g/mol. The maximum absolute atomic E-state index is 13.4. The van der Waals surface area contributed by atoms with Gasteiger partial charge in [-0.1, -0.05) is 59.7 Å². The Kier molecular flexibility index (Phi) is 8.19. The Morgan fingerprint density at radius 3 is 2.41 bits per heavy atom. The number of benzene rings is 1. The van der Waals surface area contributed by atoms with E-state index in [0.717, 1.165) is 0 Å². The van der Waals surface area contributed by atoms with Crippen molar-refractivity contribution in [2.24, 2.45) is 28.0 Å². The molecule has 0 bridgehead atoms. The van der Waals surface area contributed by atoms with E-state index in [1.165, 1.54) is 11.0 Å². The van der Waals surface area contributed by atoms with Gasteiger partial charge in [-0.15, -0.1) is 0 Å². The lowest BCUT2D eigenvalue weighted by Gasteiger charge is -2.36. The molecule has 3 N–H and O–H groups in total. The zero-order chi connectivity index (χ0) is 27.8. The largest absolute Gasteiger partial charge is 0.480 e. The van der Waals surface area contributed by atoms with Crippen molar-refractivity contribution in [1.29, 1.82) is 0 Å². The number of carbonyl (C=O) groups is 2. The lowest BCUT2D eigenvalue weighted by atomic mass is 9.88.